The number of aryl methyl sites for hydroxylation is 3. The summed E-state index contributed by atoms with van der Waals surface area (Å²) in [5, 5.41) is 0. The quantitative estimate of drug-likeness (QED) is 0.657. The second-order valence-electron chi connectivity index (χ2n) is 3.47. The van der Waals surface area contributed by atoms with Gasteiger partial charge in [0.1, 0.15) is 0 Å². The van der Waals surface area contributed by atoms with Gasteiger partial charge >= 0.3 is 0 Å². The molecule has 2 nitrogen and oxygen atoms in total. The van der Waals surface area contributed by atoms with E-state index in [0.29, 0.717) is 0 Å². The van der Waals surface area contributed by atoms with E-state index in [4.69, 9.17) is 5.73 Å². The maximum atomic E-state index is 5.59. The summed E-state index contributed by atoms with van der Waals surface area (Å²) in [5.74, 6) is 0. The summed E-state index contributed by atoms with van der Waals surface area (Å²) in [6.07, 6.45) is 1.85. The van der Waals surface area contributed by atoms with Crippen molar-refractivity contribution in [3.8, 4) is 0 Å². The van der Waals surface area contributed by atoms with Crippen molar-refractivity contribution in [3.05, 3.63) is 45.9 Å². The number of nitrogen functional groups attached to an aromatic ring is 1. The van der Waals surface area contributed by atoms with Crippen LogP contribution in [0.4, 0.5) is 5.69 Å². The SMILES string of the molecule is CC.CC.Cc1ccc(N)c(C)c1.Cc1cncs1. The van der Waals surface area contributed by atoms with Gasteiger partial charge in [0.05, 0.1) is 5.51 Å². The number of rotatable bonds is 0. The molecular formula is C16H28N2S. The number of aromatic nitrogens is 1. The van der Waals surface area contributed by atoms with Crippen LogP contribution in [-0.4, -0.2) is 4.98 Å². The number of hydrogen-bond acceptors (Lipinski definition) is 3. The Morgan fingerprint density at radius 3 is 1.84 bits per heavy atom. The molecule has 2 rings (SSSR count). The highest BCUT2D eigenvalue weighted by atomic mass is 32.1. The van der Waals surface area contributed by atoms with Gasteiger partial charge in [0.15, 0.2) is 0 Å². The van der Waals surface area contributed by atoms with Gasteiger partial charge in [-0.1, -0.05) is 45.4 Å². The minimum absolute atomic E-state index is 0.876. The maximum Gasteiger partial charge on any atom is 0.0794 e. The molecule has 0 aliphatic heterocycles. The molecule has 1 heterocycles. The molecule has 0 spiro atoms. The summed E-state index contributed by atoms with van der Waals surface area (Å²) in [7, 11) is 0. The Bertz CT molecular complexity index is 409. The second-order valence-corrected chi connectivity index (χ2v) is 4.56. The van der Waals surface area contributed by atoms with E-state index in [0.717, 1.165) is 11.3 Å². The van der Waals surface area contributed by atoms with Crippen LogP contribution in [0.15, 0.2) is 29.9 Å². The van der Waals surface area contributed by atoms with Crippen LogP contribution in [0.25, 0.3) is 0 Å². The molecule has 108 valence electrons. The fourth-order valence-electron chi connectivity index (χ4n) is 1.11. The lowest BCUT2D eigenvalue weighted by Gasteiger charge is -1.98. The summed E-state index contributed by atoms with van der Waals surface area (Å²) >= 11 is 1.67. The summed E-state index contributed by atoms with van der Waals surface area (Å²) in [5.41, 5.74) is 10.7. The number of nitrogens with zero attached hydrogens (tertiary/aromatic N) is 1. The van der Waals surface area contributed by atoms with Gasteiger partial charge < -0.3 is 5.73 Å². The zero-order chi connectivity index (χ0) is 15.3. The first kappa shape index (κ1) is 20.0. The van der Waals surface area contributed by atoms with Gasteiger partial charge in [-0.2, -0.15) is 0 Å². The Kier molecular flexibility index (Phi) is 13.8. The molecule has 1 aromatic heterocycles. The van der Waals surface area contributed by atoms with E-state index in [2.05, 4.69) is 18.0 Å². The molecule has 0 radical (unpaired) electrons. The number of anilines is 1. The number of hydrogen-bond donors (Lipinski definition) is 1. The zero-order valence-corrected chi connectivity index (χ0v) is 14.1. The van der Waals surface area contributed by atoms with Gasteiger partial charge in [0.2, 0.25) is 0 Å². The first-order valence-corrected chi connectivity index (χ1v) is 7.65. The summed E-state index contributed by atoms with van der Waals surface area (Å²) in [4.78, 5) is 5.11. The highest BCUT2D eigenvalue weighted by Crippen LogP contribution is 2.10. The third-order valence-electron chi connectivity index (χ3n) is 1.98. The Labute approximate surface area is 122 Å². The van der Waals surface area contributed by atoms with Crippen LogP contribution >= 0.6 is 11.3 Å². The lowest BCUT2D eigenvalue weighted by Crippen LogP contribution is -1.88. The van der Waals surface area contributed by atoms with E-state index in [1.807, 2.05) is 65.4 Å². The first-order valence-electron chi connectivity index (χ1n) is 6.77. The van der Waals surface area contributed by atoms with E-state index in [9.17, 15) is 0 Å². The van der Waals surface area contributed by atoms with Crippen molar-refractivity contribution in [3.63, 3.8) is 0 Å². The van der Waals surface area contributed by atoms with E-state index >= 15 is 0 Å². The normalized spacial score (nSPS) is 7.95. The molecule has 3 heteroatoms. The third-order valence-corrected chi connectivity index (χ3v) is 2.69. The standard InChI is InChI=1S/C8H11N.C4H5NS.2C2H6/c1-6-3-4-8(9)7(2)5-6;1-4-2-5-3-6-4;2*1-2/h3-5H,9H2,1-2H3;2-3H,1H3;2*1-2H3. The molecule has 0 atom stereocenters. The second kappa shape index (κ2) is 13.1. The Balaban J connectivity index is 0. The Morgan fingerprint density at radius 1 is 1.00 bits per heavy atom. The van der Waals surface area contributed by atoms with Crippen molar-refractivity contribution in [2.45, 2.75) is 48.5 Å². The number of thiazole rings is 1. The van der Waals surface area contributed by atoms with Crippen molar-refractivity contribution in [2.75, 3.05) is 5.73 Å². The topological polar surface area (TPSA) is 38.9 Å². The maximum absolute atomic E-state index is 5.59. The lowest BCUT2D eigenvalue weighted by atomic mass is 10.1. The molecule has 1 aromatic carbocycles. The average Bonchev–Trinajstić information content (AvgIpc) is 2.91. The van der Waals surface area contributed by atoms with Crippen LogP contribution in [0.2, 0.25) is 0 Å². The minimum atomic E-state index is 0.876. The zero-order valence-electron chi connectivity index (χ0n) is 13.3. The van der Waals surface area contributed by atoms with Crippen molar-refractivity contribution >= 4 is 17.0 Å². The highest BCUT2D eigenvalue weighted by molar-refractivity contribution is 7.09. The number of nitrogens with two attached hydrogens (primary N) is 1. The lowest BCUT2D eigenvalue weighted by molar-refractivity contribution is 1.39. The largest absolute Gasteiger partial charge is 0.399 e. The Hall–Kier alpha value is -1.35. The molecule has 0 saturated carbocycles. The molecule has 0 amide bonds. The first-order chi connectivity index (χ1) is 9.09. The van der Waals surface area contributed by atoms with E-state index < -0.39 is 0 Å². The van der Waals surface area contributed by atoms with E-state index in [-0.39, 0.29) is 0 Å². The van der Waals surface area contributed by atoms with Crippen molar-refractivity contribution < 1.29 is 0 Å². The predicted octanol–water partition coefficient (Wildman–Crippen LogP) is 5.39. The average molecular weight is 280 g/mol. The predicted molar refractivity (Wildman–Crippen MR) is 89.9 cm³/mol. The monoisotopic (exact) mass is 280 g/mol. The van der Waals surface area contributed by atoms with Crippen molar-refractivity contribution in [2.24, 2.45) is 0 Å². The van der Waals surface area contributed by atoms with Crippen LogP contribution in [0.3, 0.4) is 0 Å². The molecule has 0 bridgehead atoms. The molecule has 0 saturated heterocycles. The fourth-order valence-corrected chi connectivity index (χ4v) is 1.51. The molecule has 0 fully saturated rings. The highest BCUT2D eigenvalue weighted by Gasteiger charge is 1.89. The number of benzene rings is 1. The fraction of sp³-hybridized carbons (Fsp3) is 0.438. The van der Waals surface area contributed by atoms with Gasteiger partial charge in [-0.25, -0.2) is 0 Å². The molecule has 2 N–H and O–H groups in total. The third kappa shape index (κ3) is 10.3. The van der Waals surface area contributed by atoms with E-state index in [1.54, 1.807) is 11.3 Å². The smallest absolute Gasteiger partial charge is 0.0794 e. The van der Waals surface area contributed by atoms with E-state index in [1.165, 1.54) is 10.4 Å². The van der Waals surface area contributed by atoms with Crippen LogP contribution in [-0.2, 0) is 0 Å². The molecule has 0 unspecified atom stereocenters. The summed E-state index contributed by atoms with van der Waals surface area (Å²) in [6, 6.07) is 6.03. The van der Waals surface area contributed by atoms with Gasteiger partial charge in [0, 0.05) is 16.8 Å². The van der Waals surface area contributed by atoms with Crippen LogP contribution in [0.1, 0.15) is 43.7 Å². The van der Waals surface area contributed by atoms with Gasteiger partial charge in [-0.3, -0.25) is 4.98 Å². The molecule has 19 heavy (non-hydrogen) atoms. The van der Waals surface area contributed by atoms with Crippen molar-refractivity contribution in [1.82, 2.24) is 4.98 Å². The summed E-state index contributed by atoms with van der Waals surface area (Å²) < 4.78 is 0. The Morgan fingerprint density at radius 2 is 1.58 bits per heavy atom. The minimum Gasteiger partial charge on any atom is -0.399 e. The van der Waals surface area contributed by atoms with Gasteiger partial charge in [-0.05, 0) is 32.4 Å². The van der Waals surface area contributed by atoms with Gasteiger partial charge in [-0.15, -0.1) is 11.3 Å². The van der Waals surface area contributed by atoms with Crippen LogP contribution in [0, 0.1) is 20.8 Å². The summed E-state index contributed by atoms with van der Waals surface area (Å²) in [6.45, 7) is 14.1. The van der Waals surface area contributed by atoms with Gasteiger partial charge in [0.25, 0.3) is 0 Å². The van der Waals surface area contributed by atoms with Crippen LogP contribution in [0.5, 0.6) is 0 Å². The molecule has 0 aliphatic rings. The van der Waals surface area contributed by atoms with Crippen molar-refractivity contribution in [1.29, 1.82) is 0 Å². The molecule has 2 aromatic rings. The molecular weight excluding hydrogens is 252 g/mol. The van der Waals surface area contributed by atoms with Crippen LogP contribution < -0.4 is 5.73 Å². The molecule has 0 aliphatic carbocycles.